The van der Waals surface area contributed by atoms with Gasteiger partial charge in [0.25, 0.3) is 0 Å². The predicted octanol–water partition coefficient (Wildman–Crippen LogP) is 1.20. The van der Waals surface area contributed by atoms with Gasteiger partial charge in [0.05, 0.1) is 7.11 Å². The fraction of sp³-hybridized carbons (Fsp3) is 0.467. The van der Waals surface area contributed by atoms with Crippen LogP contribution < -0.4 is 5.32 Å². The predicted molar refractivity (Wildman–Crippen MR) is 73.0 cm³/mol. The third kappa shape index (κ3) is 4.26. The fourth-order valence-corrected chi connectivity index (χ4v) is 2.24. The second-order valence-corrected chi connectivity index (χ2v) is 4.92. The van der Waals surface area contributed by atoms with Crippen molar-refractivity contribution in [1.82, 2.24) is 5.32 Å². The highest BCUT2D eigenvalue weighted by atomic mass is 19.1. The highest BCUT2D eigenvalue weighted by Gasteiger charge is 2.28. The van der Waals surface area contributed by atoms with Gasteiger partial charge in [-0.2, -0.15) is 0 Å². The largest absolute Gasteiger partial charge is 0.467 e. The van der Waals surface area contributed by atoms with Crippen molar-refractivity contribution >= 4 is 11.9 Å². The first-order chi connectivity index (χ1) is 10.1. The van der Waals surface area contributed by atoms with E-state index in [1.165, 1.54) is 19.2 Å². The van der Waals surface area contributed by atoms with Crippen molar-refractivity contribution in [2.75, 3.05) is 13.7 Å². The molecule has 114 valence electrons. The number of amides is 1. The van der Waals surface area contributed by atoms with E-state index in [2.05, 4.69) is 5.32 Å². The van der Waals surface area contributed by atoms with Gasteiger partial charge in [-0.1, -0.05) is 12.1 Å². The minimum atomic E-state index is -0.808. The molecule has 0 saturated carbocycles. The molecule has 1 aromatic carbocycles. The number of halogens is 1. The number of hydrogen-bond acceptors (Lipinski definition) is 4. The standard InChI is InChI=1S/C15H18FNO4/c1-20-15(19)12(9-10-4-6-11(16)7-5-10)17-14(18)13-3-2-8-21-13/h4-7,12-13H,2-3,8-9H2,1H3,(H,17,18)/t12-,13+/m0/s1. The zero-order valence-corrected chi connectivity index (χ0v) is 11.8. The average molecular weight is 295 g/mol. The van der Waals surface area contributed by atoms with E-state index in [0.29, 0.717) is 13.0 Å². The number of carbonyl (C=O) groups excluding carboxylic acids is 2. The Morgan fingerprint density at radius 2 is 2.14 bits per heavy atom. The Bertz CT molecular complexity index is 497. The summed E-state index contributed by atoms with van der Waals surface area (Å²) in [6.07, 6.45) is 1.21. The van der Waals surface area contributed by atoms with Gasteiger partial charge in [-0.3, -0.25) is 4.79 Å². The van der Waals surface area contributed by atoms with Crippen LogP contribution in [-0.2, 0) is 25.5 Å². The first kappa shape index (κ1) is 15.4. The fourth-order valence-electron chi connectivity index (χ4n) is 2.24. The normalized spacial score (nSPS) is 19.0. The van der Waals surface area contributed by atoms with Crippen LogP contribution in [0.2, 0.25) is 0 Å². The molecule has 2 atom stereocenters. The molecule has 0 aliphatic carbocycles. The van der Waals surface area contributed by atoms with E-state index in [1.807, 2.05) is 0 Å². The number of benzene rings is 1. The summed E-state index contributed by atoms with van der Waals surface area (Å²) in [5, 5.41) is 2.64. The zero-order valence-electron chi connectivity index (χ0n) is 11.8. The Kier molecular flexibility index (Phi) is 5.27. The molecule has 2 rings (SSSR count). The minimum absolute atomic E-state index is 0.241. The summed E-state index contributed by atoms with van der Waals surface area (Å²) in [5.41, 5.74) is 0.736. The van der Waals surface area contributed by atoms with E-state index >= 15 is 0 Å². The number of nitrogens with one attached hydrogen (secondary N) is 1. The van der Waals surface area contributed by atoms with Gasteiger partial charge < -0.3 is 14.8 Å². The minimum Gasteiger partial charge on any atom is -0.467 e. The van der Waals surface area contributed by atoms with Crippen LogP contribution in [0.1, 0.15) is 18.4 Å². The van der Waals surface area contributed by atoms with Crippen LogP contribution in [0, 0.1) is 5.82 Å². The van der Waals surface area contributed by atoms with Crippen molar-refractivity contribution in [3.63, 3.8) is 0 Å². The molecule has 1 heterocycles. The first-order valence-electron chi connectivity index (χ1n) is 6.84. The molecule has 6 heteroatoms. The Morgan fingerprint density at radius 3 is 2.71 bits per heavy atom. The van der Waals surface area contributed by atoms with Crippen LogP contribution in [-0.4, -0.2) is 37.7 Å². The molecule has 1 aromatic rings. The van der Waals surface area contributed by atoms with Gasteiger partial charge in [-0.15, -0.1) is 0 Å². The summed E-state index contributed by atoms with van der Waals surface area (Å²) in [6.45, 7) is 0.555. The lowest BCUT2D eigenvalue weighted by Crippen LogP contribution is -2.47. The second-order valence-electron chi connectivity index (χ2n) is 4.92. The van der Waals surface area contributed by atoms with Gasteiger partial charge in [0, 0.05) is 13.0 Å². The number of carbonyl (C=O) groups is 2. The smallest absolute Gasteiger partial charge is 0.328 e. The van der Waals surface area contributed by atoms with Crippen molar-refractivity contribution in [2.24, 2.45) is 0 Å². The molecule has 1 aliphatic heterocycles. The molecule has 5 nitrogen and oxygen atoms in total. The summed E-state index contributed by atoms with van der Waals surface area (Å²) in [4.78, 5) is 23.8. The third-order valence-electron chi connectivity index (χ3n) is 3.38. The maximum Gasteiger partial charge on any atom is 0.328 e. The maximum atomic E-state index is 12.9. The van der Waals surface area contributed by atoms with Crippen molar-refractivity contribution in [3.8, 4) is 0 Å². The van der Waals surface area contributed by atoms with Crippen molar-refractivity contribution in [1.29, 1.82) is 0 Å². The topological polar surface area (TPSA) is 64.6 Å². The molecule has 1 N–H and O–H groups in total. The van der Waals surface area contributed by atoms with E-state index in [4.69, 9.17) is 9.47 Å². The summed E-state index contributed by atoms with van der Waals surface area (Å²) < 4.78 is 22.9. The van der Waals surface area contributed by atoms with Gasteiger partial charge in [0.2, 0.25) is 5.91 Å². The quantitative estimate of drug-likeness (QED) is 0.829. The van der Waals surface area contributed by atoms with Crippen LogP contribution in [0.4, 0.5) is 4.39 Å². The molecular weight excluding hydrogens is 277 g/mol. The van der Waals surface area contributed by atoms with E-state index in [9.17, 15) is 14.0 Å². The molecule has 0 spiro atoms. The SMILES string of the molecule is COC(=O)[C@H](Cc1ccc(F)cc1)NC(=O)[C@H]1CCCO1. The Labute approximate surface area is 122 Å². The second kappa shape index (κ2) is 7.17. The van der Waals surface area contributed by atoms with E-state index in [0.717, 1.165) is 12.0 Å². The molecule has 0 radical (unpaired) electrons. The molecule has 0 unspecified atom stereocenters. The molecule has 1 aliphatic rings. The number of methoxy groups -OCH3 is 1. The highest BCUT2D eigenvalue weighted by Crippen LogP contribution is 2.13. The first-order valence-corrected chi connectivity index (χ1v) is 6.84. The maximum absolute atomic E-state index is 12.9. The Hall–Kier alpha value is -1.95. The van der Waals surface area contributed by atoms with Crippen LogP contribution in [0.5, 0.6) is 0 Å². The van der Waals surface area contributed by atoms with E-state index < -0.39 is 18.1 Å². The number of rotatable bonds is 5. The molecule has 1 saturated heterocycles. The summed E-state index contributed by atoms with van der Waals surface area (Å²) in [5.74, 6) is -1.20. The van der Waals surface area contributed by atoms with Crippen molar-refractivity contribution in [3.05, 3.63) is 35.6 Å². The van der Waals surface area contributed by atoms with Crippen LogP contribution >= 0.6 is 0 Å². The van der Waals surface area contributed by atoms with Crippen LogP contribution in [0.3, 0.4) is 0 Å². The molecular formula is C15H18FNO4. The molecule has 1 amide bonds. The molecule has 1 fully saturated rings. The Balaban J connectivity index is 2.01. The lowest BCUT2D eigenvalue weighted by Gasteiger charge is -2.18. The van der Waals surface area contributed by atoms with Crippen molar-refractivity contribution in [2.45, 2.75) is 31.4 Å². The van der Waals surface area contributed by atoms with Gasteiger partial charge in [-0.25, -0.2) is 9.18 Å². The highest BCUT2D eigenvalue weighted by molar-refractivity contribution is 5.87. The Morgan fingerprint density at radius 1 is 1.43 bits per heavy atom. The van der Waals surface area contributed by atoms with Gasteiger partial charge >= 0.3 is 5.97 Å². The van der Waals surface area contributed by atoms with Crippen molar-refractivity contribution < 1.29 is 23.5 Å². The molecule has 21 heavy (non-hydrogen) atoms. The third-order valence-corrected chi connectivity index (χ3v) is 3.38. The van der Waals surface area contributed by atoms with Gasteiger partial charge in [-0.05, 0) is 30.5 Å². The summed E-state index contributed by atoms with van der Waals surface area (Å²) >= 11 is 0. The van der Waals surface area contributed by atoms with E-state index in [1.54, 1.807) is 12.1 Å². The lowest BCUT2D eigenvalue weighted by atomic mass is 10.1. The monoisotopic (exact) mass is 295 g/mol. The van der Waals surface area contributed by atoms with Gasteiger partial charge in [0.15, 0.2) is 0 Å². The molecule has 0 aromatic heterocycles. The summed E-state index contributed by atoms with van der Waals surface area (Å²) in [7, 11) is 1.26. The van der Waals surface area contributed by atoms with Crippen LogP contribution in [0.15, 0.2) is 24.3 Å². The number of hydrogen-bond donors (Lipinski definition) is 1. The van der Waals surface area contributed by atoms with Crippen LogP contribution in [0.25, 0.3) is 0 Å². The van der Waals surface area contributed by atoms with Gasteiger partial charge in [0.1, 0.15) is 18.0 Å². The summed E-state index contributed by atoms with van der Waals surface area (Å²) in [6, 6.07) is 4.96. The average Bonchev–Trinajstić information content (AvgIpc) is 3.02. The number of esters is 1. The molecule has 0 bridgehead atoms. The zero-order chi connectivity index (χ0) is 15.2. The van der Waals surface area contributed by atoms with E-state index in [-0.39, 0.29) is 18.1 Å². The number of ether oxygens (including phenoxy) is 2. The lowest BCUT2D eigenvalue weighted by molar-refractivity contribution is -0.146.